The fourth-order valence-corrected chi connectivity index (χ4v) is 2.21. The van der Waals surface area contributed by atoms with E-state index in [1.165, 1.54) is 19.1 Å². The minimum Gasteiger partial charge on any atom is -0.317 e. The van der Waals surface area contributed by atoms with Crippen molar-refractivity contribution in [2.45, 2.75) is 25.3 Å². The predicted molar refractivity (Wildman–Crippen MR) is 61.4 cm³/mol. The zero-order valence-electron chi connectivity index (χ0n) is 9.25. The Bertz CT molecular complexity index is 259. The minimum absolute atomic E-state index is 0.475. The summed E-state index contributed by atoms with van der Waals surface area (Å²) in [4.78, 5) is 0. The normalized spacial score (nSPS) is 23.7. The van der Waals surface area contributed by atoms with Gasteiger partial charge in [0, 0.05) is 19.1 Å². The zero-order chi connectivity index (χ0) is 11.1. The van der Waals surface area contributed by atoms with Gasteiger partial charge >= 0.3 is 0 Å². The molecule has 1 heterocycles. The Hall–Kier alpha value is -0.170. The van der Waals surface area contributed by atoms with Crippen LogP contribution in [0.3, 0.4) is 0 Å². The highest BCUT2D eigenvalue weighted by Gasteiger charge is 2.10. The molecule has 1 atom stereocenters. The van der Waals surface area contributed by atoms with Gasteiger partial charge in [-0.25, -0.2) is 13.1 Å². The predicted octanol–water partition coefficient (Wildman–Crippen LogP) is -0.733. The van der Waals surface area contributed by atoms with Crippen LogP contribution in [0, 0.1) is 0 Å². The molecule has 0 aromatic carbocycles. The Morgan fingerprint density at radius 1 is 1.27 bits per heavy atom. The SMILES string of the molecule is CS(=O)(=O)NCCNC1CCCNCC1. The molecule has 0 aromatic rings. The average Bonchev–Trinajstić information content (AvgIpc) is 2.39. The molecule has 6 heteroatoms. The van der Waals surface area contributed by atoms with Crippen LogP contribution in [0.2, 0.25) is 0 Å². The van der Waals surface area contributed by atoms with Gasteiger partial charge in [-0.3, -0.25) is 0 Å². The monoisotopic (exact) mass is 235 g/mol. The van der Waals surface area contributed by atoms with E-state index in [9.17, 15) is 8.42 Å². The van der Waals surface area contributed by atoms with Crippen molar-refractivity contribution >= 4 is 10.0 Å². The van der Waals surface area contributed by atoms with Gasteiger partial charge in [-0.15, -0.1) is 0 Å². The second kappa shape index (κ2) is 6.42. The molecule has 0 amide bonds. The van der Waals surface area contributed by atoms with Crippen molar-refractivity contribution < 1.29 is 8.42 Å². The molecule has 0 aromatic heterocycles. The smallest absolute Gasteiger partial charge is 0.208 e. The van der Waals surface area contributed by atoms with Crippen LogP contribution in [0.4, 0.5) is 0 Å². The number of sulfonamides is 1. The molecule has 1 rings (SSSR count). The first kappa shape index (κ1) is 12.9. The summed E-state index contributed by atoms with van der Waals surface area (Å²) >= 11 is 0. The molecule has 3 N–H and O–H groups in total. The molecule has 15 heavy (non-hydrogen) atoms. The fraction of sp³-hybridized carbons (Fsp3) is 1.00. The molecule has 0 aliphatic carbocycles. The van der Waals surface area contributed by atoms with Crippen molar-refractivity contribution in [1.82, 2.24) is 15.4 Å². The molecular formula is C9H21N3O2S. The van der Waals surface area contributed by atoms with Crippen LogP contribution < -0.4 is 15.4 Å². The van der Waals surface area contributed by atoms with E-state index in [1.807, 2.05) is 0 Å². The fourth-order valence-electron chi connectivity index (χ4n) is 1.74. The van der Waals surface area contributed by atoms with Gasteiger partial charge < -0.3 is 10.6 Å². The van der Waals surface area contributed by atoms with Crippen LogP contribution in [0.1, 0.15) is 19.3 Å². The molecule has 5 nitrogen and oxygen atoms in total. The topological polar surface area (TPSA) is 70.2 Å². The summed E-state index contributed by atoms with van der Waals surface area (Å²) in [5.41, 5.74) is 0. The lowest BCUT2D eigenvalue weighted by Gasteiger charge is -2.15. The lowest BCUT2D eigenvalue weighted by molar-refractivity contribution is 0.470. The van der Waals surface area contributed by atoms with Gasteiger partial charge in [0.15, 0.2) is 0 Å². The molecule has 1 aliphatic rings. The Morgan fingerprint density at radius 3 is 2.80 bits per heavy atom. The third-order valence-electron chi connectivity index (χ3n) is 2.50. The molecule has 1 fully saturated rings. The zero-order valence-corrected chi connectivity index (χ0v) is 10.1. The molecule has 0 bridgehead atoms. The lowest BCUT2D eigenvalue weighted by atomic mass is 10.1. The van der Waals surface area contributed by atoms with Crippen LogP contribution in [0.25, 0.3) is 0 Å². The number of hydrogen-bond acceptors (Lipinski definition) is 4. The second-order valence-corrected chi connectivity index (χ2v) is 5.83. The Morgan fingerprint density at radius 2 is 2.07 bits per heavy atom. The average molecular weight is 235 g/mol. The van der Waals surface area contributed by atoms with Crippen LogP contribution in [-0.4, -0.2) is 46.9 Å². The molecule has 90 valence electrons. The van der Waals surface area contributed by atoms with Crippen LogP contribution in [0.15, 0.2) is 0 Å². The van der Waals surface area contributed by atoms with Gasteiger partial charge in [0.25, 0.3) is 0 Å². The van der Waals surface area contributed by atoms with E-state index >= 15 is 0 Å². The van der Waals surface area contributed by atoms with E-state index in [1.54, 1.807) is 0 Å². The second-order valence-electron chi connectivity index (χ2n) is 4.00. The molecule has 1 unspecified atom stereocenters. The van der Waals surface area contributed by atoms with Gasteiger partial charge in [0.2, 0.25) is 10.0 Å². The standard InChI is InChI=1S/C9H21N3O2S/c1-15(13,14)12-8-7-11-9-3-2-5-10-6-4-9/h9-12H,2-8H2,1H3. The van der Waals surface area contributed by atoms with Crippen molar-refractivity contribution in [3.8, 4) is 0 Å². The summed E-state index contributed by atoms with van der Waals surface area (Å²) in [6.07, 6.45) is 4.67. The van der Waals surface area contributed by atoms with E-state index in [-0.39, 0.29) is 0 Å². The molecule has 0 radical (unpaired) electrons. The van der Waals surface area contributed by atoms with Gasteiger partial charge in [0.1, 0.15) is 0 Å². The van der Waals surface area contributed by atoms with E-state index in [2.05, 4.69) is 15.4 Å². The van der Waals surface area contributed by atoms with E-state index in [4.69, 9.17) is 0 Å². The lowest BCUT2D eigenvalue weighted by Crippen LogP contribution is -2.37. The van der Waals surface area contributed by atoms with Crippen LogP contribution >= 0.6 is 0 Å². The van der Waals surface area contributed by atoms with E-state index < -0.39 is 10.0 Å². The summed E-state index contributed by atoms with van der Waals surface area (Å²) in [6, 6.07) is 0.529. The van der Waals surface area contributed by atoms with E-state index in [0.717, 1.165) is 19.5 Å². The Balaban J connectivity index is 2.08. The highest BCUT2D eigenvalue weighted by atomic mass is 32.2. The number of hydrogen-bond donors (Lipinski definition) is 3. The summed E-state index contributed by atoms with van der Waals surface area (Å²) in [6.45, 7) is 3.33. The quantitative estimate of drug-likeness (QED) is 0.549. The maximum Gasteiger partial charge on any atom is 0.208 e. The van der Waals surface area contributed by atoms with Gasteiger partial charge in [0.05, 0.1) is 6.26 Å². The maximum atomic E-state index is 10.8. The highest BCUT2D eigenvalue weighted by Crippen LogP contribution is 2.03. The first-order valence-electron chi connectivity index (χ1n) is 5.47. The molecule has 1 aliphatic heterocycles. The van der Waals surface area contributed by atoms with Crippen molar-refractivity contribution in [1.29, 1.82) is 0 Å². The Labute approximate surface area is 92.1 Å². The minimum atomic E-state index is -3.04. The van der Waals surface area contributed by atoms with E-state index in [0.29, 0.717) is 19.1 Å². The first-order chi connectivity index (χ1) is 7.08. The van der Waals surface area contributed by atoms with Crippen LogP contribution in [-0.2, 0) is 10.0 Å². The third-order valence-corrected chi connectivity index (χ3v) is 3.23. The molecule has 1 saturated heterocycles. The van der Waals surface area contributed by atoms with Gasteiger partial charge in [-0.05, 0) is 32.4 Å². The van der Waals surface area contributed by atoms with Gasteiger partial charge in [-0.1, -0.05) is 0 Å². The summed E-state index contributed by atoms with van der Waals surface area (Å²) in [5, 5.41) is 6.71. The summed E-state index contributed by atoms with van der Waals surface area (Å²) in [5.74, 6) is 0. The summed E-state index contributed by atoms with van der Waals surface area (Å²) in [7, 11) is -3.04. The largest absolute Gasteiger partial charge is 0.317 e. The van der Waals surface area contributed by atoms with Crippen LogP contribution in [0.5, 0.6) is 0 Å². The van der Waals surface area contributed by atoms with Crippen molar-refractivity contribution in [2.75, 3.05) is 32.4 Å². The first-order valence-corrected chi connectivity index (χ1v) is 7.36. The summed E-state index contributed by atoms with van der Waals surface area (Å²) < 4.78 is 24.0. The number of nitrogens with one attached hydrogen (secondary N) is 3. The molecule has 0 saturated carbocycles. The molecular weight excluding hydrogens is 214 g/mol. The Kier molecular flexibility index (Phi) is 5.52. The number of rotatable bonds is 5. The highest BCUT2D eigenvalue weighted by molar-refractivity contribution is 7.88. The maximum absolute atomic E-state index is 10.8. The third kappa shape index (κ3) is 6.83. The van der Waals surface area contributed by atoms with Crippen molar-refractivity contribution in [3.05, 3.63) is 0 Å². The van der Waals surface area contributed by atoms with Gasteiger partial charge in [-0.2, -0.15) is 0 Å². The van der Waals surface area contributed by atoms with Crippen molar-refractivity contribution in [2.24, 2.45) is 0 Å². The molecule has 0 spiro atoms. The van der Waals surface area contributed by atoms with Crippen molar-refractivity contribution in [3.63, 3.8) is 0 Å².